The number of urea groups is 1. The van der Waals surface area contributed by atoms with Crippen molar-refractivity contribution in [3.63, 3.8) is 0 Å². The summed E-state index contributed by atoms with van der Waals surface area (Å²) in [4.78, 5) is 56.4. The third kappa shape index (κ3) is 3.80. The quantitative estimate of drug-likeness (QED) is 0.698. The van der Waals surface area contributed by atoms with Crippen LogP contribution in [0.5, 0.6) is 0 Å². The minimum absolute atomic E-state index is 0.0312. The number of rotatable bonds is 4. The smallest absolute Gasteiger partial charge is 0.325 e. The Bertz CT molecular complexity index is 1120. The largest absolute Gasteiger partial charge is 0.338 e. The summed E-state index contributed by atoms with van der Waals surface area (Å²) in [6.07, 6.45) is 3.12. The zero-order valence-corrected chi connectivity index (χ0v) is 19.3. The maximum atomic E-state index is 13.2. The van der Waals surface area contributed by atoms with E-state index in [0.29, 0.717) is 31.1 Å². The predicted molar refractivity (Wildman–Crippen MR) is 123 cm³/mol. The summed E-state index contributed by atoms with van der Waals surface area (Å²) in [7, 11) is 0. The fourth-order valence-corrected chi connectivity index (χ4v) is 5.56. The second kappa shape index (κ2) is 8.30. The SMILES string of the molecule is CC1(c2ccc3c(c2)CCC3)NC(=O)N(CC(=O)N2CCN(C(=O)c3cccs3)CC2)C1=O. The molecule has 2 aromatic rings. The Morgan fingerprint density at radius 1 is 1.03 bits per heavy atom. The lowest BCUT2D eigenvalue weighted by Gasteiger charge is -2.35. The maximum Gasteiger partial charge on any atom is 0.325 e. The number of carbonyl (C=O) groups excluding carboxylic acids is 4. The highest BCUT2D eigenvalue weighted by Crippen LogP contribution is 2.32. The molecule has 1 aromatic carbocycles. The van der Waals surface area contributed by atoms with E-state index in [-0.39, 0.29) is 18.4 Å². The molecule has 0 saturated carbocycles. The molecule has 2 fully saturated rings. The van der Waals surface area contributed by atoms with Gasteiger partial charge in [0.05, 0.1) is 4.88 Å². The van der Waals surface area contributed by atoms with Crippen LogP contribution in [0.4, 0.5) is 4.79 Å². The molecule has 1 N–H and O–H groups in total. The Kier molecular flexibility index (Phi) is 5.44. The fraction of sp³-hybridized carbons (Fsp3) is 0.417. The van der Waals surface area contributed by atoms with Crippen LogP contribution in [-0.4, -0.2) is 71.2 Å². The molecule has 5 amide bonds. The van der Waals surface area contributed by atoms with Crippen molar-refractivity contribution in [1.29, 1.82) is 0 Å². The molecule has 2 aliphatic heterocycles. The molecule has 172 valence electrons. The summed E-state index contributed by atoms with van der Waals surface area (Å²) in [5.41, 5.74) is 2.08. The summed E-state index contributed by atoms with van der Waals surface area (Å²) in [6.45, 7) is 3.00. The van der Waals surface area contributed by atoms with Crippen LogP contribution in [0, 0.1) is 0 Å². The highest BCUT2D eigenvalue weighted by Gasteiger charge is 2.50. The number of nitrogens with zero attached hydrogens (tertiary/aromatic N) is 3. The van der Waals surface area contributed by atoms with Gasteiger partial charge in [0.1, 0.15) is 12.1 Å². The molecule has 1 atom stereocenters. The molecule has 1 aliphatic carbocycles. The van der Waals surface area contributed by atoms with Gasteiger partial charge in [-0.25, -0.2) is 4.79 Å². The molecule has 3 heterocycles. The van der Waals surface area contributed by atoms with E-state index in [1.807, 2.05) is 29.6 Å². The summed E-state index contributed by atoms with van der Waals surface area (Å²) in [6, 6.07) is 9.02. The number of imide groups is 1. The highest BCUT2D eigenvalue weighted by atomic mass is 32.1. The number of piperazine rings is 1. The van der Waals surface area contributed by atoms with Gasteiger partial charge < -0.3 is 15.1 Å². The van der Waals surface area contributed by atoms with Crippen LogP contribution in [0.1, 0.15) is 39.7 Å². The zero-order chi connectivity index (χ0) is 23.2. The van der Waals surface area contributed by atoms with Gasteiger partial charge in [0.15, 0.2) is 0 Å². The molecule has 33 heavy (non-hydrogen) atoms. The Labute approximate surface area is 196 Å². The monoisotopic (exact) mass is 466 g/mol. The molecule has 0 radical (unpaired) electrons. The lowest BCUT2D eigenvalue weighted by atomic mass is 9.89. The van der Waals surface area contributed by atoms with Crippen molar-refractivity contribution in [3.8, 4) is 0 Å². The van der Waals surface area contributed by atoms with Crippen LogP contribution in [0.2, 0.25) is 0 Å². The summed E-state index contributed by atoms with van der Waals surface area (Å²) in [5, 5.41) is 4.66. The van der Waals surface area contributed by atoms with Gasteiger partial charge in [0.2, 0.25) is 5.91 Å². The van der Waals surface area contributed by atoms with Crippen LogP contribution < -0.4 is 5.32 Å². The summed E-state index contributed by atoms with van der Waals surface area (Å²) in [5.74, 6) is -0.735. The van der Waals surface area contributed by atoms with Crippen molar-refractivity contribution in [1.82, 2.24) is 20.0 Å². The molecule has 2 saturated heterocycles. The van der Waals surface area contributed by atoms with Crippen molar-refractivity contribution >= 4 is 35.1 Å². The van der Waals surface area contributed by atoms with Crippen molar-refractivity contribution in [3.05, 3.63) is 57.3 Å². The van der Waals surface area contributed by atoms with Crippen molar-refractivity contribution in [2.24, 2.45) is 0 Å². The number of benzene rings is 1. The predicted octanol–water partition coefficient (Wildman–Crippen LogP) is 1.99. The third-order valence-corrected chi connectivity index (χ3v) is 7.75. The molecule has 8 nitrogen and oxygen atoms in total. The van der Waals surface area contributed by atoms with E-state index in [0.717, 1.165) is 29.7 Å². The summed E-state index contributed by atoms with van der Waals surface area (Å²) >= 11 is 1.40. The molecule has 9 heteroatoms. The number of carbonyl (C=O) groups is 4. The molecular weight excluding hydrogens is 440 g/mol. The van der Waals surface area contributed by atoms with Crippen LogP contribution in [0.15, 0.2) is 35.7 Å². The van der Waals surface area contributed by atoms with Gasteiger partial charge in [-0.05, 0) is 54.3 Å². The zero-order valence-electron chi connectivity index (χ0n) is 18.5. The maximum absolute atomic E-state index is 13.2. The number of aryl methyl sites for hydroxylation is 2. The number of hydrogen-bond acceptors (Lipinski definition) is 5. The minimum atomic E-state index is -1.18. The Morgan fingerprint density at radius 2 is 1.76 bits per heavy atom. The van der Waals surface area contributed by atoms with Gasteiger partial charge in [-0.1, -0.05) is 24.3 Å². The van der Waals surface area contributed by atoms with E-state index >= 15 is 0 Å². The first-order chi connectivity index (χ1) is 15.9. The third-order valence-electron chi connectivity index (χ3n) is 6.90. The van der Waals surface area contributed by atoms with Crippen LogP contribution in [0.25, 0.3) is 0 Å². The molecule has 5 rings (SSSR count). The van der Waals surface area contributed by atoms with E-state index in [9.17, 15) is 19.2 Å². The van der Waals surface area contributed by atoms with Crippen molar-refractivity contribution < 1.29 is 19.2 Å². The molecule has 3 aliphatic rings. The average Bonchev–Trinajstić information content (AvgIpc) is 3.56. The topological polar surface area (TPSA) is 90.0 Å². The number of thiophene rings is 1. The summed E-state index contributed by atoms with van der Waals surface area (Å²) < 4.78 is 0. The first-order valence-electron chi connectivity index (χ1n) is 11.2. The van der Waals surface area contributed by atoms with Gasteiger partial charge in [0, 0.05) is 26.2 Å². The first kappa shape index (κ1) is 21.6. The fourth-order valence-electron chi connectivity index (χ4n) is 4.87. The van der Waals surface area contributed by atoms with Crippen molar-refractivity contribution in [2.75, 3.05) is 32.7 Å². The lowest BCUT2D eigenvalue weighted by molar-refractivity contribution is -0.139. The van der Waals surface area contributed by atoms with Gasteiger partial charge >= 0.3 is 6.03 Å². The Hall–Kier alpha value is -3.20. The minimum Gasteiger partial charge on any atom is -0.338 e. The van der Waals surface area contributed by atoms with Gasteiger partial charge in [-0.2, -0.15) is 0 Å². The molecular formula is C24H26N4O4S. The second-order valence-electron chi connectivity index (χ2n) is 8.93. The normalized spacial score (nSPS) is 22.5. The second-order valence-corrected chi connectivity index (χ2v) is 9.88. The number of nitrogens with one attached hydrogen (secondary N) is 1. The van der Waals surface area contributed by atoms with Gasteiger partial charge in [-0.3, -0.25) is 19.3 Å². The Balaban J connectivity index is 1.22. The van der Waals surface area contributed by atoms with E-state index in [4.69, 9.17) is 0 Å². The molecule has 1 unspecified atom stereocenters. The van der Waals surface area contributed by atoms with E-state index < -0.39 is 17.5 Å². The average molecular weight is 467 g/mol. The lowest BCUT2D eigenvalue weighted by Crippen LogP contribution is -2.53. The van der Waals surface area contributed by atoms with Gasteiger partial charge in [-0.15, -0.1) is 11.3 Å². The van der Waals surface area contributed by atoms with Crippen molar-refractivity contribution in [2.45, 2.75) is 31.7 Å². The van der Waals surface area contributed by atoms with E-state index in [2.05, 4.69) is 5.32 Å². The number of hydrogen-bond donors (Lipinski definition) is 1. The molecule has 0 bridgehead atoms. The van der Waals surface area contributed by atoms with E-state index in [1.54, 1.807) is 22.8 Å². The van der Waals surface area contributed by atoms with Crippen LogP contribution in [-0.2, 0) is 28.0 Å². The number of amides is 5. The standard InChI is InChI=1S/C24H26N4O4S/c1-24(18-8-7-16-4-2-5-17(16)14-18)22(31)28(23(32)25-24)15-20(29)26-9-11-27(12-10-26)21(30)19-6-3-13-33-19/h3,6-8,13-14H,2,4-5,9-12,15H2,1H3,(H,25,32). The van der Waals surface area contributed by atoms with Crippen LogP contribution >= 0.6 is 11.3 Å². The molecule has 1 aromatic heterocycles. The van der Waals surface area contributed by atoms with Gasteiger partial charge in [0.25, 0.3) is 11.8 Å². The molecule has 0 spiro atoms. The highest BCUT2D eigenvalue weighted by molar-refractivity contribution is 7.12. The van der Waals surface area contributed by atoms with Crippen LogP contribution in [0.3, 0.4) is 0 Å². The Morgan fingerprint density at radius 3 is 2.48 bits per heavy atom. The van der Waals surface area contributed by atoms with E-state index in [1.165, 1.54) is 22.5 Å². The number of fused-ring (bicyclic) bond motifs is 1. The first-order valence-corrected chi connectivity index (χ1v) is 12.1.